The topological polar surface area (TPSA) is 59.2 Å². The van der Waals surface area contributed by atoms with Crippen molar-refractivity contribution in [3.63, 3.8) is 0 Å². The molecule has 0 unspecified atom stereocenters. The van der Waals surface area contributed by atoms with E-state index in [1.807, 2.05) is 6.07 Å². The number of amides is 1. The second-order valence-corrected chi connectivity index (χ2v) is 5.17. The van der Waals surface area contributed by atoms with Gasteiger partial charge in [0.25, 0.3) is 5.91 Å². The summed E-state index contributed by atoms with van der Waals surface area (Å²) in [5, 5.41) is 0.945. The molecule has 0 spiro atoms. The monoisotopic (exact) mass is 309 g/mol. The van der Waals surface area contributed by atoms with Crippen LogP contribution in [0.5, 0.6) is 0 Å². The molecule has 2 rings (SSSR count). The number of halogens is 2. The lowest BCUT2D eigenvalue weighted by molar-refractivity contribution is 0.0780. The van der Waals surface area contributed by atoms with Gasteiger partial charge in [0.05, 0.1) is 15.7 Å². The van der Waals surface area contributed by atoms with E-state index in [0.29, 0.717) is 22.3 Å². The molecule has 0 radical (unpaired) electrons. The van der Waals surface area contributed by atoms with Crippen LogP contribution in [0.2, 0.25) is 10.0 Å². The summed E-state index contributed by atoms with van der Waals surface area (Å²) in [5.74, 6) is -0.242. The predicted octanol–water partition coefficient (Wildman–Crippen LogP) is 3.24. The first-order valence-electron chi connectivity index (χ1n) is 5.89. The van der Waals surface area contributed by atoms with Gasteiger partial charge in [-0.2, -0.15) is 0 Å². The van der Waals surface area contributed by atoms with Crippen LogP contribution in [0.3, 0.4) is 0 Å². The lowest BCUT2D eigenvalue weighted by atomic mass is 10.2. The molecule has 1 aromatic heterocycles. The number of aromatic nitrogens is 1. The molecule has 0 saturated carbocycles. The van der Waals surface area contributed by atoms with E-state index in [2.05, 4.69) is 4.98 Å². The lowest BCUT2D eigenvalue weighted by Gasteiger charge is -2.17. The fourth-order valence-corrected chi connectivity index (χ4v) is 2.08. The third kappa shape index (κ3) is 3.21. The number of carbonyl (C=O) groups is 1. The van der Waals surface area contributed by atoms with Crippen LogP contribution >= 0.6 is 23.2 Å². The Labute approximate surface area is 127 Å². The molecule has 1 aromatic carbocycles. The molecule has 6 heteroatoms. The third-order valence-corrected chi connectivity index (χ3v) is 3.53. The largest absolute Gasteiger partial charge is 0.397 e. The quantitative estimate of drug-likeness (QED) is 0.947. The van der Waals surface area contributed by atoms with Crippen LogP contribution in [0.25, 0.3) is 0 Å². The van der Waals surface area contributed by atoms with Crippen molar-refractivity contribution in [2.45, 2.75) is 6.54 Å². The fraction of sp³-hybridized carbons (Fsp3) is 0.143. The Morgan fingerprint density at radius 1 is 1.30 bits per heavy atom. The van der Waals surface area contributed by atoms with Crippen molar-refractivity contribution in [3.05, 3.63) is 57.8 Å². The second-order valence-electron chi connectivity index (χ2n) is 4.35. The zero-order valence-corrected chi connectivity index (χ0v) is 12.3. The molecule has 0 saturated heterocycles. The second kappa shape index (κ2) is 6.11. The van der Waals surface area contributed by atoms with Crippen molar-refractivity contribution in [2.75, 3.05) is 12.8 Å². The molecule has 0 bridgehead atoms. The zero-order chi connectivity index (χ0) is 14.7. The van der Waals surface area contributed by atoms with E-state index in [1.165, 1.54) is 11.1 Å². The number of anilines is 1. The molecule has 0 aliphatic heterocycles. The number of benzene rings is 1. The molecule has 1 heterocycles. The summed E-state index contributed by atoms with van der Waals surface area (Å²) < 4.78 is 0. The average molecular weight is 310 g/mol. The van der Waals surface area contributed by atoms with Gasteiger partial charge in [-0.1, -0.05) is 29.3 Å². The number of nitrogens with zero attached hydrogens (tertiary/aromatic N) is 2. The van der Waals surface area contributed by atoms with Gasteiger partial charge in [-0.25, -0.2) is 4.98 Å². The molecule has 0 atom stereocenters. The number of hydrogen-bond donors (Lipinski definition) is 1. The number of hydrogen-bond acceptors (Lipinski definition) is 3. The van der Waals surface area contributed by atoms with Crippen LogP contribution in [-0.2, 0) is 6.54 Å². The summed E-state index contributed by atoms with van der Waals surface area (Å²) in [6.07, 6.45) is 1.54. The normalized spacial score (nSPS) is 10.3. The Morgan fingerprint density at radius 3 is 2.70 bits per heavy atom. The standard InChI is InChI=1S/C14H13Cl2N3O/c1-19(8-9-4-5-10(15)11(16)7-9)14(20)13-12(17)3-2-6-18-13/h2-7H,8,17H2,1H3. The van der Waals surface area contributed by atoms with Gasteiger partial charge in [0.2, 0.25) is 0 Å². The Morgan fingerprint density at radius 2 is 2.05 bits per heavy atom. The number of rotatable bonds is 3. The minimum atomic E-state index is -0.242. The van der Waals surface area contributed by atoms with E-state index in [1.54, 1.807) is 31.3 Å². The van der Waals surface area contributed by atoms with Gasteiger partial charge in [0, 0.05) is 19.8 Å². The van der Waals surface area contributed by atoms with E-state index in [4.69, 9.17) is 28.9 Å². The maximum atomic E-state index is 12.2. The minimum absolute atomic E-state index is 0.242. The lowest BCUT2D eigenvalue weighted by Crippen LogP contribution is -2.27. The van der Waals surface area contributed by atoms with Gasteiger partial charge in [0.1, 0.15) is 0 Å². The maximum Gasteiger partial charge on any atom is 0.274 e. The van der Waals surface area contributed by atoms with Crippen molar-refractivity contribution >= 4 is 34.8 Å². The molecular formula is C14H13Cl2N3O. The van der Waals surface area contributed by atoms with Crippen LogP contribution in [0.1, 0.15) is 16.1 Å². The first kappa shape index (κ1) is 14.6. The van der Waals surface area contributed by atoms with Crippen molar-refractivity contribution < 1.29 is 4.79 Å². The van der Waals surface area contributed by atoms with Gasteiger partial charge in [-0.3, -0.25) is 4.79 Å². The van der Waals surface area contributed by atoms with Gasteiger partial charge < -0.3 is 10.6 Å². The van der Waals surface area contributed by atoms with Gasteiger partial charge in [-0.05, 0) is 29.8 Å². The fourth-order valence-electron chi connectivity index (χ4n) is 1.76. The molecule has 0 fully saturated rings. The summed E-state index contributed by atoms with van der Waals surface area (Å²) in [6, 6.07) is 8.58. The van der Waals surface area contributed by atoms with Gasteiger partial charge in [0.15, 0.2) is 5.69 Å². The third-order valence-electron chi connectivity index (χ3n) is 2.79. The van der Waals surface area contributed by atoms with Crippen molar-refractivity contribution in [1.29, 1.82) is 0 Å². The predicted molar refractivity (Wildman–Crippen MR) is 80.9 cm³/mol. The minimum Gasteiger partial charge on any atom is -0.397 e. The van der Waals surface area contributed by atoms with Crippen LogP contribution < -0.4 is 5.73 Å². The number of nitrogens with two attached hydrogens (primary N) is 1. The first-order valence-corrected chi connectivity index (χ1v) is 6.64. The Kier molecular flexibility index (Phi) is 4.47. The summed E-state index contributed by atoms with van der Waals surface area (Å²) in [5.41, 5.74) is 7.23. The molecule has 0 aliphatic rings. The van der Waals surface area contributed by atoms with Crippen LogP contribution in [0, 0.1) is 0 Å². The molecule has 20 heavy (non-hydrogen) atoms. The summed E-state index contributed by atoms with van der Waals surface area (Å²) >= 11 is 11.8. The Balaban J connectivity index is 2.15. The maximum absolute atomic E-state index is 12.2. The Bertz CT molecular complexity index is 646. The molecule has 2 N–H and O–H groups in total. The highest BCUT2D eigenvalue weighted by atomic mass is 35.5. The smallest absolute Gasteiger partial charge is 0.274 e. The highest BCUT2D eigenvalue weighted by molar-refractivity contribution is 6.42. The number of pyridine rings is 1. The molecule has 1 amide bonds. The molecule has 2 aromatic rings. The number of nitrogen functional groups attached to an aromatic ring is 1. The van der Waals surface area contributed by atoms with E-state index in [-0.39, 0.29) is 11.6 Å². The van der Waals surface area contributed by atoms with Crippen molar-refractivity contribution in [2.24, 2.45) is 0 Å². The number of carbonyl (C=O) groups excluding carboxylic acids is 1. The first-order chi connectivity index (χ1) is 9.49. The summed E-state index contributed by atoms with van der Waals surface area (Å²) in [7, 11) is 1.68. The molecular weight excluding hydrogens is 297 g/mol. The molecule has 0 aliphatic carbocycles. The van der Waals surface area contributed by atoms with E-state index < -0.39 is 0 Å². The van der Waals surface area contributed by atoms with Crippen LogP contribution in [-0.4, -0.2) is 22.8 Å². The molecule has 104 valence electrons. The van der Waals surface area contributed by atoms with Crippen molar-refractivity contribution in [3.8, 4) is 0 Å². The highest BCUT2D eigenvalue weighted by Crippen LogP contribution is 2.23. The summed E-state index contributed by atoms with van der Waals surface area (Å²) in [6.45, 7) is 0.395. The average Bonchev–Trinajstić information content (AvgIpc) is 2.42. The Hall–Kier alpha value is -1.78. The molecule has 4 nitrogen and oxygen atoms in total. The zero-order valence-electron chi connectivity index (χ0n) is 10.8. The van der Waals surface area contributed by atoms with E-state index in [9.17, 15) is 4.79 Å². The van der Waals surface area contributed by atoms with Crippen molar-refractivity contribution in [1.82, 2.24) is 9.88 Å². The van der Waals surface area contributed by atoms with Gasteiger partial charge in [-0.15, -0.1) is 0 Å². The SMILES string of the molecule is CN(Cc1ccc(Cl)c(Cl)c1)C(=O)c1ncccc1N. The van der Waals surface area contributed by atoms with Crippen LogP contribution in [0.4, 0.5) is 5.69 Å². The van der Waals surface area contributed by atoms with E-state index in [0.717, 1.165) is 5.56 Å². The van der Waals surface area contributed by atoms with E-state index >= 15 is 0 Å². The van der Waals surface area contributed by atoms with Crippen LogP contribution in [0.15, 0.2) is 36.5 Å². The highest BCUT2D eigenvalue weighted by Gasteiger charge is 2.16. The summed E-state index contributed by atoms with van der Waals surface area (Å²) in [4.78, 5) is 17.8. The van der Waals surface area contributed by atoms with Gasteiger partial charge >= 0.3 is 0 Å².